The molecule has 2 rings (SSSR count). The number of nitrogens with two attached hydrogens (primary N) is 1. The standard InChI is InChI=1S/C12H18N2/c1-10-6-8-14(9-7-13)12-5-3-2-4-11(10)12/h2-5,10H,6-9,13H2,1H3. The van der Waals surface area contributed by atoms with Gasteiger partial charge in [-0.25, -0.2) is 0 Å². The minimum atomic E-state index is 0.695. The Morgan fingerprint density at radius 1 is 1.43 bits per heavy atom. The van der Waals surface area contributed by atoms with Gasteiger partial charge in [0.2, 0.25) is 0 Å². The minimum Gasteiger partial charge on any atom is -0.370 e. The highest BCUT2D eigenvalue weighted by Gasteiger charge is 2.20. The number of rotatable bonds is 2. The third-order valence-electron chi connectivity index (χ3n) is 3.04. The lowest BCUT2D eigenvalue weighted by molar-refractivity contribution is 0.612. The van der Waals surface area contributed by atoms with Gasteiger partial charge in [0.05, 0.1) is 0 Å². The first-order valence-electron chi connectivity index (χ1n) is 5.37. The quantitative estimate of drug-likeness (QED) is 0.772. The highest BCUT2D eigenvalue weighted by molar-refractivity contribution is 5.56. The van der Waals surface area contributed by atoms with E-state index in [-0.39, 0.29) is 0 Å². The molecule has 0 aliphatic carbocycles. The first-order chi connectivity index (χ1) is 6.83. The summed E-state index contributed by atoms with van der Waals surface area (Å²) in [5.41, 5.74) is 8.47. The van der Waals surface area contributed by atoms with Crippen LogP contribution < -0.4 is 10.6 Å². The summed E-state index contributed by atoms with van der Waals surface area (Å²) in [5.74, 6) is 0.695. The lowest BCUT2D eigenvalue weighted by atomic mass is 9.91. The van der Waals surface area contributed by atoms with Crippen LogP contribution in [0.2, 0.25) is 0 Å². The maximum atomic E-state index is 5.61. The summed E-state index contributed by atoms with van der Waals surface area (Å²) in [4.78, 5) is 2.40. The van der Waals surface area contributed by atoms with Crippen molar-refractivity contribution in [1.82, 2.24) is 0 Å². The number of benzene rings is 1. The number of fused-ring (bicyclic) bond motifs is 1. The van der Waals surface area contributed by atoms with Crippen LogP contribution in [0.4, 0.5) is 5.69 Å². The molecule has 1 aliphatic heterocycles. The van der Waals surface area contributed by atoms with E-state index in [4.69, 9.17) is 5.73 Å². The second-order valence-electron chi connectivity index (χ2n) is 4.02. The van der Waals surface area contributed by atoms with Crippen molar-refractivity contribution in [1.29, 1.82) is 0 Å². The predicted molar refractivity (Wildman–Crippen MR) is 60.7 cm³/mol. The summed E-state index contributed by atoms with van der Waals surface area (Å²) in [5, 5.41) is 0. The molecular weight excluding hydrogens is 172 g/mol. The van der Waals surface area contributed by atoms with E-state index in [0.717, 1.165) is 19.6 Å². The Morgan fingerprint density at radius 3 is 3.00 bits per heavy atom. The molecule has 1 atom stereocenters. The molecule has 0 fully saturated rings. The molecule has 0 saturated carbocycles. The second-order valence-corrected chi connectivity index (χ2v) is 4.02. The van der Waals surface area contributed by atoms with E-state index in [9.17, 15) is 0 Å². The van der Waals surface area contributed by atoms with E-state index < -0.39 is 0 Å². The Morgan fingerprint density at radius 2 is 2.21 bits per heavy atom. The van der Waals surface area contributed by atoms with Gasteiger partial charge in [-0.1, -0.05) is 25.1 Å². The Kier molecular flexibility index (Phi) is 2.73. The molecule has 0 amide bonds. The first-order valence-corrected chi connectivity index (χ1v) is 5.37. The lowest BCUT2D eigenvalue weighted by Crippen LogP contribution is -2.34. The zero-order chi connectivity index (χ0) is 9.97. The van der Waals surface area contributed by atoms with E-state index in [1.165, 1.54) is 17.7 Å². The van der Waals surface area contributed by atoms with Gasteiger partial charge in [0.25, 0.3) is 0 Å². The van der Waals surface area contributed by atoms with Gasteiger partial charge in [-0.05, 0) is 24.0 Å². The van der Waals surface area contributed by atoms with Crippen LogP contribution in [0.25, 0.3) is 0 Å². The Bertz CT molecular complexity index is 309. The molecule has 0 aromatic heterocycles. The molecule has 2 N–H and O–H groups in total. The van der Waals surface area contributed by atoms with E-state index in [1.807, 2.05) is 0 Å². The number of nitrogens with zero attached hydrogens (tertiary/aromatic N) is 1. The van der Waals surface area contributed by atoms with Crippen LogP contribution in [0.3, 0.4) is 0 Å². The molecule has 0 bridgehead atoms. The van der Waals surface area contributed by atoms with Gasteiger partial charge >= 0.3 is 0 Å². The molecule has 1 aromatic carbocycles. The third-order valence-corrected chi connectivity index (χ3v) is 3.04. The zero-order valence-electron chi connectivity index (χ0n) is 8.74. The van der Waals surface area contributed by atoms with Gasteiger partial charge in [0.1, 0.15) is 0 Å². The fourth-order valence-electron chi connectivity index (χ4n) is 2.21. The molecule has 1 unspecified atom stereocenters. The van der Waals surface area contributed by atoms with Gasteiger partial charge in [-0.15, -0.1) is 0 Å². The topological polar surface area (TPSA) is 29.3 Å². The van der Waals surface area contributed by atoms with Crippen molar-refractivity contribution < 1.29 is 0 Å². The van der Waals surface area contributed by atoms with Crippen molar-refractivity contribution in [2.45, 2.75) is 19.3 Å². The van der Waals surface area contributed by atoms with Crippen LogP contribution in [0, 0.1) is 0 Å². The third kappa shape index (κ3) is 1.62. The van der Waals surface area contributed by atoms with E-state index in [0.29, 0.717) is 5.92 Å². The monoisotopic (exact) mass is 190 g/mol. The number of hydrogen-bond acceptors (Lipinski definition) is 2. The SMILES string of the molecule is CC1CCN(CCN)c2ccccc21. The molecule has 0 saturated heterocycles. The van der Waals surface area contributed by atoms with Crippen molar-refractivity contribution in [2.75, 3.05) is 24.5 Å². The normalized spacial score (nSPS) is 20.7. The fraction of sp³-hybridized carbons (Fsp3) is 0.500. The van der Waals surface area contributed by atoms with Crippen LogP contribution in [-0.2, 0) is 0 Å². The van der Waals surface area contributed by atoms with Crippen molar-refractivity contribution in [2.24, 2.45) is 5.73 Å². The summed E-state index contributed by atoms with van der Waals surface area (Å²) >= 11 is 0. The average Bonchev–Trinajstić information content (AvgIpc) is 2.23. The van der Waals surface area contributed by atoms with Crippen molar-refractivity contribution in [3.05, 3.63) is 29.8 Å². The molecule has 14 heavy (non-hydrogen) atoms. The summed E-state index contributed by atoms with van der Waals surface area (Å²) in [6.45, 7) is 5.17. The van der Waals surface area contributed by atoms with Gasteiger partial charge in [-0.2, -0.15) is 0 Å². The number of anilines is 1. The smallest absolute Gasteiger partial charge is 0.0401 e. The van der Waals surface area contributed by atoms with Gasteiger partial charge in [0, 0.05) is 25.3 Å². The van der Waals surface area contributed by atoms with Crippen molar-refractivity contribution in [3.8, 4) is 0 Å². The largest absolute Gasteiger partial charge is 0.370 e. The highest BCUT2D eigenvalue weighted by atomic mass is 15.1. The minimum absolute atomic E-state index is 0.695. The number of hydrogen-bond donors (Lipinski definition) is 1. The van der Waals surface area contributed by atoms with Crippen molar-refractivity contribution in [3.63, 3.8) is 0 Å². The maximum Gasteiger partial charge on any atom is 0.0401 e. The van der Waals surface area contributed by atoms with Crippen LogP contribution in [0.1, 0.15) is 24.8 Å². The Hall–Kier alpha value is -1.02. The van der Waals surface area contributed by atoms with E-state index in [2.05, 4.69) is 36.1 Å². The van der Waals surface area contributed by atoms with Gasteiger partial charge < -0.3 is 10.6 Å². The lowest BCUT2D eigenvalue weighted by Gasteiger charge is -2.34. The zero-order valence-corrected chi connectivity index (χ0v) is 8.74. The van der Waals surface area contributed by atoms with Crippen LogP contribution in [0.15, 0.2) is 24.3 Å². The van der Waals surface area contributed by atoms with Gasteiger partial charge in [0.15, 0.2) is 0 Å². The van der Waals surface area contributed by atoms with Crippen LogP contribution in [-0.4, -0.2) is 19.6 Å². The van der Waals surface area contributed by atoms with E-state index in [1.54, 1.807) is 0 Å². The summed E-state index contributed by atoms with van der Waals surface area (Å²) < 4.78 is 0. The molecule has 1 aromatic rings. The fourth-order valence-corrected chi connectivity index (χ4v) is 2.21. The maximum absolute atomic E-state index is 5.61. The molecular formula is C12H18N2. The summed E-state index contributed by atoms with van der Waals surface area (Å²) in [6.07, 6.45) is 1.25. The Labute approximate surface area is 85.7 Å². The molecule has 1 aliphatic rings. The molecule has 0 radical (unpaired) electrons. The van der Waals surface area contributed by atoms with Crippen LogP contribution in [0.5, 0.6) is 0 Å². The molecule has 2 nitrogen and oxygen atoms in total. The second kappa shape index (κ2) is 4.01. The predicted octanol–water partition coefficient (Wildman–Crippen LogP) is 1.96. The molecule has 2 heteroatoms. The molecule has 0 spiro atoms. The van der Waals surface area contributed by atoms with Crippen LogP contribution >= 0.6 is 0 Å². The summed E-state index contributed by atoms with van der Waals surface area (Å²) in [6, 6.07) is 8.69. The van der Waals surface area contributed by atoms with E-state index >= 15 is 0 Å². The highest BCUT2D eigenvalue weighted by Crippen LogP contribution is 2.34. The number of para-hydroxylation sites is 1. The average molecular weight is 190 g/mol. The Balaban J connectivity index is 2.31. The van der Waals surface area contributed by atoms with Crippen molar-refractivity contribution >= 4 is 5.69 Å². The summed E-state index contributed by atoms with van der Waals surface area (Å²) in [7, 11) is 0. The first kappa shape index (κ1) is 9.53. The molecule has 1 heterocycles. The van der Waals surface area contributed by atoms with Gasteiger partial charge in [-0.3, -0.25) is 0 Å². The molecule has 76 valence electrons.